The minimum atomic E-state index is 0.120. The fraction of sp³-hybridized carbons (Fsp3) is 0.188. The lowest BCUT2D eigenvalue weighted by atomic mass is 10.2. The Hall–Kier alpha value is -2.00. The number of benzene rings is 2. The Balaban J connectivity index is 2.07. The SMILES string of the molecule is CCOc1cccc(C=NCc2ccc(Cl)cc2)c1O. The quantitative estimate of drug-likeness (QED) is 0.843. The van der Waals surface area contributed by atoms with E-state index < -0.39 is 0 Å². The van der Waals surface area contributed by atoms with Crippen LogP contribution in [0.5, 0.6) is 11.5 Å². The smallest absolute Gasteiger partial charge is 0.166 e. The van der Waals surface area contributed by atoms with E-state index in [9.17, 15) is 5.11 Å². The molecule has 0 spiro atoms. The van der Waals surface area contributed by atoms with Crippen LogP contribution in [0.15, 0.2) is 47.5 Å². The molecule has 0 unspecified atom stereocenters. The second-order valence-electron chi connectivity index (χ2n) is 4.22. The summed E-state index contributed by atoms with van der Waals surface area (Å²) in [4.78, 5) is 4.32. The molecule has 0 heterocycles. The molecule has 0 fully saturated rings. The van der Waals surface area contributed by atoms with Crippen molar-refractivity contribution >= 4 is 17.8 Å². The first-order valence-corrected chi connectivity index (χ1v) is 6.77. The number of ether oxygens (including phenoxy) is 1. The third-order valence-corrected chi connectivity index (χ3v) is 3.00. The zero-order valence-electron chi connectivity index (χ0n) is 11.2. The molecule has 3 nitrogen and oxygen atoms in total. The second-order valence-corrected chi connectivity index (χ2v) is 4.66. The van der Waals surface area contributed by atoms with Gasteiger partial charge in [0.25, 0.3) is 0 Å². The van der Waals surface area contributed by atoms with Gasteiger partial charge in [-0.1, -0.05) is 29.8 Å². The molecule has 0 bridgehead atoms. The van der Waals surface area contributed by atoms with Gasteiger partial charge in [-0.3, -0.25) is 4.99 Å². The van der Waals surface area contributed by atoms with E-state index in [0.29, 0.717) is 29.5 Å². The highest BCUT2D eigenvalue weighted by atomic mass is 35.5. The summed E-state index contributed by atoms with van der Waals surface area (Å²) in [5, 5.41) is 10.7. The standard InChI is InChI=1S/C16H16ClNO2/c1-2-20-15-5-3-4-13(16(15)19)11-18-10-12-6-8-14(17)9-7-12/h3-9,11,19H,2,10H2,1H3. The fourth-order valence-electron chi connectivity index (χ4n) is 1.75. The van der Waals surface area contributed by atoms with Crippen molar-refractivity contribution in [3.8, 4) is 11.5 Å². The van der Waals surface area contributed by atoms with Crippen LogP contribution in [0.2, 0.25) is 5.02 Å². The Morgan fingerprint density at radius 3 is 2.65 bits per heavy atom. The van der Waals surface area contributed by atoms with Crippen molar-refractivity contribution in [3.05, 3.63) is 58.6 Å². The van der Waals surface area contributed by atoms with Crippen LogP contribution < -0.4 is 4.74 Å². The van der Waals surface area contributed by atoms with E-state index in [1.165, 1.54) is 0 Å². The summed E-state index contributed by atoms with van der Waals surface area (Å²) < 4.78 is 5.33. The van der Waals surface area contributed by atoms with Crippen molar-refractivity contribution in [2.45, 2.75) is 13.5 Å². The van der Waals surface area contributed by atoms with Gasteiger partial charge >= 0.3 is 0 Å². The largest absolute Gasteiger partial charge is 0.504 e. The van der Waals surface area contributed by atoms with Gasteiger partial charge in [-0.25, -0.2) is 0 Å². The number of halogens is 1. The summed E-state index contributed by atoms with van der Waals surface area (Å²) >= 11 is 5.82. The molecule has 0 aliphatic carbocycles. The number of rotatable bonds is 5. The lowest BCUT2D eigenvalue weighted by Gasteiger charge is -2.07. The summed E-state index contributed by atoms with van der Waals surface area (Å²) in [6.07, 6.45) is 1.65. The number of para-hydroxylation sites is 1. The van der Waals surface area contributed by atoms with Crippen LogP contribution in [0.25, 0.3) is 0 Å². The molecule has 0 radical (unpaired) electrons. The molecule has 0 aliphatic rings. The van der Waals surface area contributed by atoms with E-state index in [4.69, 9.17) is 16.3 Å². The third kappa shape index (κ3) is 3.75. The average Bonchev–Trinajstić information content (AvgIpc) is 2.45. The normalized spacial score (nSPS) is 10.9. The molecule has 20 heavy (non-hydrogen) atoms. The predicted octanol–water partition coefficient (Wildman–Crippen LogP) is 4.06. The molecule has 104 valence electrons. The van der Waals surface area contributed by atoms with Crippen LogP contribution in [0.3, 0.4) is 0 Å². The van der Waals surface area contributed by atoms with Gasteiger partial charge in [0.05, 0.1) is 13.2 Å². The first-order valence-electron chi connectivity index (χ1n) is 6.39. The van der Waals surface area contributed by atoms with Gasteiger partial charge in [-0.15, -0.1) is 0 Å². The van der Waals surface area contributed by atoms with E-state index in [1.54, 1.807) is 18.3 Å². The molecule has 0 amide bonds. The third-order valence-electron chi connectivity index (χ3n) is 2.75. The van der Waals surface area contributed by atoms with Gasteiger partial charge in [0.2, 0.25) is 0 Å². The summed E-state index contributed by atoms with van der Waals surface area (Å²) in [6, 6.07) is 12.9. The molecule has 2 aromatic carbocycles. The number of hydrogen-bond acceptors (Lipinski definition) is 3. The molecule has 1 N–H and O–H groups in total. The van der Waals surface area contributed by atoms with E-state index >= 15 is 0 Å². The van der Waals surface area contributed by atoms with E-state index in [2.05, 4.69) is 4.99 Å². The van der Waals surface area contributed by atoms with Gasteiger partial charge in [0.1, 0.15) is 0 Å². The van der Waals surface area contributed by atoms with Gasteiger partial charge in [-0.2, -0.15) is 0 Å². The molecule has 0 saturated heterocycles. The molecule has 4 heteroatoms. The maximum Gasteiger partial charge on any atom is 0.166 e. The Morgan fingerprint density at radius 2 is 1.95 bits per heavy atom. The minimum absolute atomic E-state index is 0.120. The summed E-state index contributed by atoms with van der Waals surface area (Å²) in [5.41, 5.74) is 1.70. The van der Waals surface area contributed by atoms with Gasteiger partial charge < -0.3 is 9.84 Å². The average molecular weight is 290 g/mol. The maximum absolute atomic E-state index is 10.0. The van der Waals surface area contributed by atoms with Crippen molar-refractivity contribution in [2.75, 3.05) is 6.61 Å². The van der Waals surface area contributed by atoms with Gasteiger partial charge in [-0.05, 0) is 36.8 Å². The maximum atomic E-state index is 10.0. The topological polar surface area (TPSA) is 41.8 Å². The van der Waals surface area contributed by atoms with Crippen LogP contribution in [-0.2, 0) is 6.54 Å². The lowest BCUT2D eigenvalue weighted by Crippen LogP contribution is -1.94. The Morgan fingerprint density at radius 1 is 1.20 bits per heavy atom. The van der Waals surface area contributed by atoms with Crippen LogP contribution in [0.4, 0.5) is 0 Å². The zero-order valence-corrected chi connectivity index (χ0v) is 12.0. The number of phenols is 1. The second kappa shape index (κ2) is 6.96. The molecule has 0 aliphatic heterocycles. The van der Waals surface area contributed by atoms with Gasteiger partial charge in [0, 0.05) is 16.8 Å². The number of nitrogens with zero attached hydrogens (tertiary/aromatic N) is 1. The summed E-state index contributed by atoms with van der Waals surface area (Å²) in [5.74, 6) is 0.595. The number of phenolic OH excluding ortho intramolecular Hbond substituents is 1. The lowest BCUT2D eigenvalue weighted by molar-refractivity contribution is 0.318. The van der Waals surface area contributed by atoms with Crippen LogP contribution in [0.1, 0.15) is 18.1 Å². The molecular weight excluding hydrogens is 274 g/mol. The zero-order chi connectivity index (χ0) is 14.4. The summed E-state index contributed by atoms with van der Waals surface area (Å²) in [6.45, 7) is 2.93. The highest BCUT2D eigenvalue weighted by Crippen LogP contribution is 2.28. The molecular formula is C16H16ClNO2. The first-order chi connectivity index (χ1) is 9.70. The molecule has 0 atom stereocenters. The van der Waals surface area contributed by atoms with Crippen LogP contribution in [-0.4, -0.2) is 17.9 Å². The fourth-order valence-corrected chi connectivity index (χ4v) is 1.88. The number of hydrogen-bond donors (Lipinski definition) is 1. The van der Waals surface area contributed by atoms with Crippen molar-refractivity contribution in [1.29, 1.82) is 0 Å². The number of aliphatic imine (C=N–C) groups is 1. The highest BCUT2D eigenvalue weighted by Gasteiger charge is 2.05. The van der Waals surface area contributed by atoms with E-state index in [1.807, 2.05) is 37.3 Å². The van der Waals surface area contributed by atoms with Crippen molar-refractivity contribution in [1.82, 2.24) is 0 Å². The molecule has 2 aromatic rings. The number of aromatic hydroxyl groups is 1. The van der Waals surface area contributed by atoms with E-state index in [0.717, 1.165) is 5.56 Å². The minimum Gasteiger partial charge on any atom is -0.504 e. The molecule has 2 rings (SSSR count). The monoisotopic (exact) mass is 289 g/mol. The van der Waals surface area contributed by atoms with Crippen molar-refractivity contribution in [3.63, 3.8) is 0 Å². The van der Waals surface area contributed by atoms with E-state index in [-0.39, 0.29) is 5.75 Å². The Bertz CT molecular complexity index is 594. The molecule has 0 saturated carbocycles. The van der Waals surface area contributed by atoms with Crippen molar-refractivity contribution < 1.29 is 9.84 Å². The predicted molar refractivity (Wildman–Crippen MR) is 82.0 cm³/mol. The van der Waals surface area contributed by atoms with Gasteiger partial charge in [0.15, 0.2) is 11.5 Å². The molecule has 0 aromatic heterocycles. The van der Waals surface area contributed by atoms with Crippen LogP contribution >= 0.6 is 11.6 Å². The summed E-state index contributed by atoms with van der Waals surface area (Å²) in [7, 11) is 0. The first kappa shape index (κ1) is 14.4. The van der Waals surface area contributed by atoms with Crippen LogP contribution in [0, 0.1) is 0 Å². The Kier molecular flexibility index (Phi) is 5.02. The Labute approximate surface area is 123 Å². The van der Waals surface area contributed by atoms with Crippen molar-refractivity contribution in [2.24, 2.45) is 4.99 Å². The highest BCUT2D eigenvalue weighted by molar-refractivity contribution is 6.30.